The maximum atomic E-state index is 13.2. The van der Waals surface area contributed by atoms with Crippen LogP contribution in [-0.4, -0.2) is 4.98 Å². The van der Waals surface area contributed by atoms with Crippen molar-refractivity contribution in [1.82, 2.24) is 4.98 Å². The van der Waals surface area contributed by atoms with Crippen LogP contribution in [0.25, 0.3) is 10.9 Å². The van der Waals surface area contributed by atoms with Gasteiger partial charge in [0.05, 0.1) is 9.99 Å². The number of nitrogens with zero attached hydrogens (tertiary/aromatic N) is 1. The van der Waals surface area contributed by atoms with Crippen LogP contribution in [0.1, 0.15) is 0 Å². The molecule has 20 heavy (non-hydrogen) atoms. The van der Waals surface area contributed by atoms with Crippen LogP contribution in [0.4, 0.5) is 21.6 Å². The number of anilines is 3. The molecule has 0 aliphatic carbocycles. The highest BCUT2D eigenvalue weighted by molar-refractivity contribution is 9.10. The SMILES string of the molecule is Nc1ccc2nc(Nc3ccc(F)c(Br)c3)ccc2c1. The van der Waals surface area contributed by atoms with Gasteiger partial charge in [0.1, 0.15) is 11.6 Å². The molecule has 3 rings (SSSR count). The Labute approximate surface area is 123 Å². The first-order valence-corrected chi connectivity index (χ1v) is 6.79. The van der Waals surface area contributed by atoms with Crippen LogP contribution in [0.5, 0.6) is 0 Å². The standard InChI is InChI=1S/C15H11BrFN3/c16-12-8-11(3-4-13(12)17)19-15-6-1-9-7-10(18)2-5-14(9)20-15/h1-8H,18H2,(H,19,20). The molecule has 0 aliphatic heterocycles. The van der Waals surface area contributed by atoms with Crippen molar-refractivity contribution >= 4 is 44.0 Å². The van der Waals surface area contributed by atoms with Crippen molar-refractivity contribution in [1.29, 1.82) is 0 Å². The molecule has 1 heterocycles. The number of nitrogen functional groups attached to an aromatic ring is 1. The minimum absolute atomic E-state index is 0.294. The summed E-state index contributed by atoms with van der Waals surface area (Å²) in [6.45, 7) is 0. The Morgan fingerprint density at radius 2 is 1.90 bits per heavy atom. The second kappa shape index (κ2) is 5.09. The molecule has 0 bridgehead atoms. The van der Waals surface area contributed by atoms with Gasteiger partial charge in [-0.05, 0) is 64.5 Å². The van der Waals surface area contributed by atoms with Gasteiger partial charge in [-0.2, -0.15) is 0 Å². The number of nitrogens with one attached hydrogen (secondary N) is 1. The summed E-state index contributed by atoms with van der Waals surface area (Å²) in [5.41, 5.74) is 8.06. The highest BCUT2D eigenvalue weighted by Gasteiger charge is 2.03. The molecule has 0 aliphatic rings. The summed E-state index contributed by atoms with van der Waals surface area (Å²) in [6.07, 6.45) is 0. The van der Waals surface area contributed by atoms with Gasteiger partial charge in [0, 0.05) is 16.8 Å². The molecule has 0 unspecified atom stereocenters. The van der Waals surface area contributed by atoms with Crippen LogP contribution in [0.2, 0.25) is 0 Å². The van der Waals surface area contributed by atoms with Crippen molar-refractivity contribution in [3.63, 3.8) is 0 Å². The number of fused-ring (bicyclic) bond motifs is 1. The van der Waals surface area contributed by atoms with E-state index in [1.165, 1.54) is 6.07 Å². The van der Waals surface area contributed by atoms with Crippen LogP contribution in [-0.2, 0) is 0 Å². The Morgan fingerprint density at radius 3 is 2.70 bits per heavy atom. The first-order valence-electron chi connectivity index (χ1n) is 6.00. The molecule has 100 valence electrons. The quantitative estimate of drug-likeness (QED) is 0.681. The van der Waals surface area contributed by atoms with Gasteiger partial charge in [-0.25, -0.2) is 9.37 Å². The smallest absolute Gasteiger partial charge is 0.137 e. The molecule has 1 aromatic heterocycles. The number of rotatable bonds is 2. The largest absolute Gasteiger partial charge is 0.399 e. The molecular formula is C15H11BrFN3. The van der Waals surface area contributed by atoms with Gasteiger partial charge in [0.25, 0.3) is 0 Å². The fourth-order valence-electron chi connectivity index (χ4n) is 1.94. The maximum absolute atomic E-state index is 13.2. The van der Waals surface area contributed by atoms with Crippen LogP contribution < -0.4 is 11.1 Å². The van der Waals surface area contributed by atoms with Gasteiger partial charge in [0.15, 0.2) is 0 Å². The van der Waals surface area contributed by atoms with Gasteiger partial charge < -0.3 is 11.1 Å². The molecule has 3 N–H and O–H groups in total. The molecule has 0 fully saturated rings. The van der Waals surface area contributed by atoms with E-state index in [0.717, 1.165) is 16.6 Å². The fraction of sp³-hybridized carbons (Fsp3) is 0. The average Bonchev–Trinajstić information content (AvgIpc) is 2.43. The summed E-state index contributed by atoms with van der Waals surface area (Å²) in [5.74, 6) is 0.401. The number of hydrogen-bond acceptors (Lipinski definition) is 3. The van der Waals surface area contributed by atoms with E-state index in [2.05, 4.69) is 26.2 Å². The molecule has 0 saturated heterocycles. The van der Waals surface area contributed by atoms with Crippen molar-refractivity contribution in [2.24, 2.45) is 0 Å². The predicted octanol–water partition coefficient (Wildman–Crippen LogP) is 4.46. The average molecular weight is 332 g/mol. The topological polar surface area (TPSA) is 50.9 Å². The van der Waals surface area contributed by atoms with Crippen LogP contribution in [0.15, 0.2) is 53.0 Å². The lowest BCUT2D eigenvalue weighted by molar-refractivity contribution is 0.621. The monoisotopic (exact) mass is 331 g/mol. The van der Waals surface area contributed by atoms with E-state index in [9.17, 15) is 4.39 Å². The lowest BCUT2D eigenvalue weighted by atomic mass is 10.2. The summed E-state index contributed by atoms with van der Waals surface area (Å²) in [5, 5.41) is 4.12. The highest BCUT2D eigenvalue weighted by Crippen LogP contribution is 2.24. The van der Waals surface area contributed by atoms with E-state index in [-0.39, 0.29) is 5.82 Å². The van der Waals surface area contributed by atoms with Crippen molar-refractivity contribution in [2.75, 3.05) is 11.1 Å². The van der Waals surface area contributed by atoms with E-state index in [1.54, 1.807) is 12.1 Å². The third kappa shape index (κ3) is 2.58. The first kappa shape index (κ1) is 12.9. The minimum Gasteiger partial charge on any atom is -0.399 e. The molecule has 3 aromatic rings. The summed E-state index contributed by atoms with van der Waals surface area (Å²) in [7, 11) is 0. The minimum atomic E-state index is -0.294. The van der Waals surface area contributed by atoms with E-state index >= 15 is 0 Å². The lowest BCUT2D eigenvalue weighted by Crippen LogP contribution is -1.94. The number of halogens is 2. The van der Waals surface area contributed by atoms with E-state index in [1.807, 2.05) is 30.3 Å². The zero-order chi connectivity index (χ0) is 14.1. The third-order valence-electron chi connectivity index (χ3n) is 2.91. The molecule has 0 amide bonds. The molecule has 0 atom stereocenters. The Balaban J connectivity index is 1.94. The molecule has 3 nitrogen and oxygen atoms in total. The van der Waals surface area contributed by atoms with E-state index < -0.39 is 0 Å². The number of pyridine rings is 1. The van der Waals surface area contributed by atoms with E-state index in [0.29, 0.717) is 16.0 Å². The summed E-state index contributed by atoms with van der Waals surface area (Å²) < 4.78 is 13.6. The first-order chi connectivity index (χ1) is 9.61. The van der Waals surface area contributed by atoms with Gasteiger partial charge in [-0.3, -0.25) is 0 Å². The Morgan fingerprint density at radius 1 is 1.05 bits per heavy atom. The van der Waals surface area contributed by atoms with E-state index in [4.69, 9.17) is 5.73 Å². The Hall–Kier alpha value is -2.14. The molecule has 0 saturated carbocycles. The molecule has 0 radical (unpaired) electrons. The second-order valence-electron chi connectivity index (χ2n) is 4.40. The number of hydrogen-bond donors (Lipinski definition) is 2. The van der Waals surface area contributed by atoms with Gasteiger partial charge >= 0.3 is 0 Å². The van der Waals surface area contributed by atoms with Crippen LogP contribution in [0.3, 0.4) is 0 Å². The predicted molar refractivity (Wildman–Crippen MR) is 83.5 cm³/mol. The Bertz CT molecular complexity index is 789. The van der Waals surface area contributed by atoms with Crippen molar-refractivity contribution in [3.05, 3.63) is 58.8 Å². The summed E-state index contributed by atoms with van der Waals surface area (Å²) >= 11 is 3.16. The van der Waals surface area contributed by atoms with Crippen molar-refractivity contribution in [3.8, 4) is 0 Å². The number of aromatic nitrogens is 1. The van der Waals surface area contributed by atoms with Crippen LogP contribution in [0, 0.1) is 5.82 Å². The van der Waals surface area contributed by atoms with Gasteiger partial charge in [0.2, 0.25) is 0 Å². The molecule has 5 heteroatoms. The second-order valence-corrected chi connectivity index (χ2v) is 5.26. The molecule has 0 spiro atoms. The van der Waals surface area contributed by atoms with Crippen molar-refractivity contribution < 1.29 is 4.39 Å². The lowest BCUT2D eigenvalue weighted by Gasteiger charge is -2.08. The van der Waals surface area contributed by atoms with Crippen LogP contribution >= 0.6 is 15.9 Å². The van der Waals surface area contributed by atoms with Gasteiger partial charge in [-0.1, -0.05) is 0 Å². The van der Waals surface area contributed by atoms with Gasteiger partial charge in [-0.15, -0.1) is 0 Å². The third-order valence-corrected chi connectivity index (χ3v) is 3.51. The zero-order valence-corrected chi connectivity index (χ0v) is 12.0. The van der Waals surface area contributed by atoms with Crippen molar-refractivity contribution in [2.45, 2.75) is 0 Å². The fourth-order valence-corrected chi connectivity index (χ4v) is 2.31. The number of nitrogens with two attached hydrogens (primary N) is 1. The normalized spacial score (nSPS) is 10.7. The summed E-state index contributed by atoms with van der Waals surface area (Å²) in [6, 6.07) is 14.1. The number of benzene rings is 2. The highest BCUT2D eigenvalue weighted by atomic mass is 79.9. The molecule has 2 aromatic carbocycles. The molecular weight excluding hydrogens is 321 g/mol. The maximum Gasteiger partial charge on any atom is 0.137 e. The zero-order valence-electron chi connectivity index (χ0n) is 10.4. The summed E-state index contributed by atoms with van der Waals surface area (Å²) in [4.78, 5) is 4.49. The Kier molecular flexibility index (Phi) is 3.28.